The Balaban J connectivity index is 1.62. The Morgan fingerprint density at radius 2 is 1.84 bits per heavy atom. The second-order valence-electron chi connectivity index (χ2n) is 8.28. The summed E-state index contributed by atoms with van der Waals surface area (Å²) in [5.41, 5.74) is 2.28. The van der Waals surface area contributed by atoms with Gasteiger partial charge in [0, 0.05) is 17.7 Å². The number of nitrogens with one attached hydrogen (secondary N) is 1. The van der Waals surface area contributed by atoms with Gasteiger partial charge in [-0.25, -0.2) is 9.78 Å². The number of hydrogen-bond donors (Lipinski definition) is 1. The van der Waals surface area contributed by atoms with Gasteiger partial charge in [0.25, 0.3) is 0 Å². The van der Waals surface area contributed by atoms with Crippen molar-refractivity contribution in [2.45, 2.75) is 38.6 Å². The number of carbonyl (C=O) groups is 1. The van der Waals surface area contributed by atoms with Gasteiger partial charge in [0.1, 0.15) is 5.75 Å². The largest absolute Gasteiger partial charge is 0.464 e. The van der Waals surface area contributed by atoms with E-state index in [4.69, 9.17) is 14.7 Å². The molecule has 2 aromatic rings. The summed E-state index contributed by atoms with van der Waals surface area (Å²) in [7, 11) is 1.29. The van der Waals surface area contributed by atoms with Gasteiger partial charge in [-0.05, 0) is 68.0 Å². The summed E-state index contributed by atoms with van der Waals surface area (Å²) in [6.07, 6.45) is 5.38. The number of ether oxygens (including phenoxy) is 2. The van der Waals surface area contributed by atoms with Crippen LogP contribution in [0.5, 0.6) is 11.6 Å². The minimum Gasteiger partial charge on any atom is -0.464 e. The monoisotopic (exact) mass is 415 g/mol. The molecule has 156 valence electrons. The third-order valence-electron chi connectivity index (χ3n) is 5.78. The van der Waals surface area contributed by atoms with E-state index in [1.807, 2.05) is 32.0 Å². The lowest BCUT2D eigenvalue weighted by Crippen LogP contribution is -2.70. The van der Waals surface area contributed by atoms with Gasteiger partial charge >= 0.3 is 5.97 Å². The molecule has 0 amide bonds. The number of allylic oxidation sites excluding steroid dienone is 1. The van der Waals surface area contributed by atoms with Gasteiger partial charge in [-0.1, -0.05) is 0 Å². The predicted octanol–water partition coefficient (Wildman–Crippen LogP) is 4.07. The second kappa shape index (κ2) is 7.41. The number of aromatic nitrogens is 2. The van der Waals surface area contributed by atoms with Crippen LogP contribution in [0.15, 0.2) is 24.3 Å². The van der Waals surface area contributed by atoms with Gasteiger partial charge in [0.15, 0.2) is 5.69 Å². The summed E-state index contributed by atoms with van der Waals surface area (Å²) in [5, 5.41) is 21.2. The maximum atomic E-state index is 12.1. The van der Waals surface area contributed by atoms with E-state index in [2.05, 4.69) is 21.4 Å². The minimum absolute atomic E-state index is 0.0838. The standard InChI is InChI=1S/C23H21N5O3/c1-14-7-16(5-4-6-24)8-15(2)19(14)31-18-9-17(20(29)30-3)26-21(27-18)28-23-10-22(11-23,12-23)13-25/h4-5,7-9H,10-12H2,1-3H3,(H,26,27,28)/b5-4+. The number of nitriles is 2. The maximum absolute atomic E-state index is 12.1. The van der Waals surface area contributed by atoms with E-state index in [1.54, 1.807) is 6.08 Å². The zero-order valence-corrected chi connectivity index (χ0v) is 17.5. The van der Waals surface area contributed by atoms with Crippen LogP contribution in [0, 0.1) is 41.9 Å². The Hall–Kier alpha value is -3.91. The van der Waals surface area contributed by atoms with Crippen LogP contribution in [0.1, 0.15) is 46.4 Å². The van der Waals surface area contributed by atoms with E-state index in [9.17, 15) is 10.1 Å². The number of aryl methyl sites for hydroxylation is 2. The van der Waals surface area contributed by atoms with Crippen LogP contribution in [0.3, 0.4) is 0 Å². The lowest BCUT2D eigenvalue weighted by molar-refractivity contribution is -0.0665. The first kappa shape index (κ1) is 20.4. The Labute approximate surface area is 180 Å². The van der Waals surface area contributed by atoms with Gasteiger partial charge in [-0.15, -0.1) is 0 Å². The molecule has 0 unspecified atom stereocenters. The van der Waals surface area contributed by atoms with Crippen LogP contribution in [0.25, 0.3) is 6.08 Å². The number of anilines is 1. The van der Waals surface area contributed by atoms with Crippen molar-refractivity contribution in [3.63, 3.8) is 0 Å². The van der Waals surface area contributed by atoms with E-state index in [1.165, 1.54) is 19.3 Å². The van der Waals surface area contributed by atoms with Crippen LogP contribution >= 0.6 is 0 Å². The molecule has 1 aromatic carbocycles. The zero-order chi connectivity index (χ0) is 22.2. The number of benzene rings is 1. The Kier molecular flexibility index (Phi) is 4.87. The molecule has 3 saturated carbocycles. The van der Waals surface area contributed by atoms with Crippen LogP contribution in [0.2, 0.25) is 0 Å². The molecule has 1 heterocycles. The molecular weight excluding hydrogens is 394 g/mol. The zero-order valence-electron chi connectivity index (χ0n) is 17.5. The van der Waals surface area contributed by atoms with Gasteiger partial charge in [0.05, 0.1) is 24.7 Å². The molecule has 1 N–H and O–H groups in total. The summed E-state index contributed by atoms with van der Waals surface area (Å²) < 4.78 is 10.9. The molecule has 3 fully saturated rings. The number of rotatable bonds is 6. The third-order valence-corrected chi connectivity index (χ3v) is 5.78. The Morgan fingerprint density at radius 1 is 1.16 bits per heavy atom. The quantitative estimate of drug-likeness (QED) is 0.554. The Morgan fingerprint density at radius 3 is 2.42 bits per heavy atom. The summed E-state index contributed by atoms with van der Waals surface area (Å²) in [6, 6.07) is 9.59. The molecule has 0 aliphatic heterocycles. The maximum Gasteiger partial charge on any atom is 0.357 e. The lowest BCUT2D eigenvalue weighted by Gasteiger charge is -2.66. The van der Waals surface area contributed by atoms with Crippen molar-refractivity contribution in [2.24, 2.45) is 5.41 Å². The van der Waals surface area contributed by atoms with Gasteiger partial charge in [-0.3, -0.25) is 0 Å². The molecule has 1 aromatic heterocycles. The van der Waals surface area contributed by atoms with Crippen LogP contribution in [0.4, 0.5) is 5.95 Å². The summed E-state index contributed by atoms with van der Waals surface area (Å²) in [5.74, 6) is 0.509. The summed E-state index contributed by atoms with van der Waals surface area (Å²) in [4.78, 5) is 20.9. The van der Waals surface area contributed by atoms with Gasteiger partial charge in [-0.2, -0.15) is 15.5 Å². The van der Waals surface area contributed by atoms with Crippen molar-refractivity contribution >= 4 is 18.0 Å². The van der Waals surface area contributed by atoms with Crippen molar-refractivity contribution in [1.29, 1.82) is 10.5 Å². The molecular formula is C23H21N5O3. The SMILES string of the molecule is COC(=O)c1cc(Oc2c(C)cc(/C=C/C#N)cc2C)nc(NC23CC(C#N)(C2)C3)n1. The molecule has 0 radical (unpaired) electrons. The van der Waals surface area contributed by atoms with Crippen molar-refractivity contribution in [2.75, 3.05) is 12.4 Å². The first-order valence-corrected chi connectivity index (χ1v) is 9.83. The highest BCUT2D eigenvalue weighted by molar-refractivity contribution is 5.87. The molecule has 3 aliphatic carbocycles. The van der Waals surface area contributed by atoms with E-state index in [0.29, 0.717) is 5.75 Å². The fraction of sp³-hybridized carbons (Fsp3) is 0.348. The Bertz CT molecular complexity index is 1150. The van der Waals surface area contributed by atoms with Crippen molar-refractivity contribution in [3.05, 3.63) is 46.7 Å². The average molecular weight is 415 g/mol. The average Bonchev–Trinajstić information content (AvgIpc) is 2.70. The topological polar surface area (TPSA) is 121 Å². The fourth-order valence-corrected chi connectivity index (χ4v) is 4.50. The van der Waals surface area contributed by atoms with E-state index < -0.39 is 5.97 Å². The van der Waals surface area contributed by atoms with E-state index >= 15 is 0 Å². The van der Waals surface area contributed by atoms with Crippen molar-refractivity contribution < 1.29 is 14.3 Å². The molecule has 5 rings (SSSR count). The molecule has 2 bridgehead atoms. The number of methoxy groups -OCH3 is 1. The predicted molar refractivity (Wildman–Crippen MR) is 112 cm³/mol. The summed E-state index contributed by atoms with van der Waals surface area (Å²) in [6.45, 7) is 3.80. The molecule has 8 heteroatoms. The first-order chi connectivity index (χ1) is 14.8. The number of esters is 1. The smallest absolute Gasteiger partial charge is 0.357 e. The number of nitrogens with zero attached hydrogens (tertiary/aromatic N) is 4. The van der Waals surface area contributed by atoms with Crippen LogP contribution in [-0.4, -0.2) is 28.6 Å². The third kappa shape index (κ3) is 3.69. The molecule has 0 saturated heterocycles. The lowest BCUT2D eigenvalue weighted by atomic mass is 9.40. The highest BCUT2D eigenvalue weighted by Gasteiger charge is 2.69. The highest BCUT2D eigenvalue weighted by atomic mass is 16.5. The molecule has 3 aliphatic rings. The first-order valence-electron chi connectivity index (χ1n) is 9.83. The van der Waals surface area contributed by atoms with Crippen LogP contribution < -0.4 is 10.1 Å². The second-order valence-corrected chi connectivity index (χ2v) is 8.28. The summed E-state index contributed by atoms with van der Waals surface area (Å²) >= 11 is 0. The number of carbonyl (C=O) groups excluding carboxylic acids is 1. The number of hydrogen-bond acceptors (Lipinski definition) is 8. The minimum atomic E-state index is -0.591. The van der Waals surface area contributed by atoms with Crippen LogP contribution in [-0.2, 0) is 4.74 Å². The highest BCUT2D eigenvalue weighted by Crippen LogP contribution is 2.67. The molecule has 31 heavy (non-hydrogen) atoms. The normalized spacial score (nSPS) is 23.1. The molecule has 8 nitrogen and oxygen atoms in total. The molecule has 0 spiro atoms. The fourth-order valence-electron chi connectivity index (χ4n) is 4.50. The van der Waals surface area contributed by atoms with Gasteiger partial charge < -0.3 is 14.8 Å². The van der Waals surface area contributed by atoms with E-state index in [-0.39, 0.29) is 28.5 Å². The van der Waals surface area contributed by atoms with Crippen molar-refractivity contribution in [1.82, 2.24) is 9.97 Å². The van der Waals surface area contributed by atoms with E-state index in [0.717, 1.165) is 36.0 Å². The molecule has 0 atom stereocenters. The van der Waals surface area contributed by atoms with Gasteiger partial charge in [0.2, 0.25) is 11.8 Å². The van der Waals surface area contributed by atoms with Crippen molar-refractivity contribution in [3.8, 4) is 23.8 Å².